The molecular weight excluding hydrogens is 392 g/mol. The number of halogens is 1. The first-order chi connectivity index (χ1) is 20.7. The van der Waals surface area contributed by atoms with Gasteiger partial charge in [-0.05, 0) is 47.2 Å². The molecule has 0 radical (unpaired) electrons. The Hall–Kier alpha value is -2.15. The summed E-state index contributed by atoms with van der Waals surface area (Å²) in [6.07, 6.45) is -4.30. The van der Waals surface area contributed by atoms with Gasteiger partial charge in [-0.2, -0.15) is 4.37 Å². The summed E-state index contributed by atoms with van der Waals surface area (Å²) in [5.74, 6) is -1.59. The molecule has 7 heteroatoms. The van der Waals surface area contributed by atoms with Crippen LogP contribution in [0.2, 0.25) is 5.02 Å². The maximum atomic E-state index is 12.0. The van der Waals surface area contributed by atoms with Gasteiger partial charge in [0.05, 0.1) is 24.8 Å². The van der Waals surface area contributed by atoms with Crippen molar-refractivity contribution in [1.29, 1.82) is 0 Å². The maximum absolute atomic E-state index is 12.0. The molecule has 0 spiro atoms. The third kappa shape index (κ3) is 3.36. The molecule has 28 heavy (non-hydrogen) atoms. The first kappa shape index (κ1) is 6.97. The van der Waals surface area contributed by atoms with E-state index in [1.807, 2.05) is 0 Å². The second-order valence-electron chi connectivity index (χ2n) is 5.58. The summed E-state index contributed by atoms with van der Waals surface area (Å²) in [4.78, 5) is 11.2. The lowest BCUT2D eigenvalue weighted by molar-refractivity contribution is -0.115. The summed E-state index contributed by atoms with van der Waals surface area (Å²) in [5, 5.41) is 0.847. The topological polar surface area (TPSA) is 48.5 Å². The normalized spacial score (nSPS) is 34.8. The largest absolute Gasteiger partial charge is 0.353 e. The lowest BCUT2D eigenvalue weighted by Crippen LogP contribution is -2.47. The second kappa shape index (κ2) is 7.35. The maximum Gasteiger partial charge on any atom is 0.228 e. The molecule has 1 N–H and O–H groups in total. The minimum Gasteiger partial charge on any atom is -0.353 e. The van der Waals surface area contributed by atoms with Crippen molar-refractivity contribution >= 4 is 50.6 Å². The van der Waals surface area contributed by atoms with Crippen LogP contribution in [0.3, 0.4) is 0 Å². The van der Waals surface area contributed by atoms with E-state index in [2.05, 4.69) is 9.69 Å². The summed E-state index contributed by atoms with van der Waals surface area (Å²) in [7, 11) is 0. The van der Waals surface area contributed by atoms with E-state index in [0.29, 0.717) is 11.5 Å². The highest BCUT2D eigenvalue weighted by molar-refractivity contribution is 7.13. The molecule has 0 unspecified atom stereocenters. The number of carbonyl (C=O) groups excluding carboxylic acids is 1. The first-order valence-electron chi connectivity index (χ1n) is 16.8. The Labute approximate surface area is 198 Å². The highest BCUT2D eigenvalue weighted by atomic mass is 35.5. The van der Waals surface area contributed by atoms with Gasteiger partial charge < -0.3 is 10.2 Å². The smallest absolute Gasteiger partial charge is 0.228 e. The van der Waals surface area contributed by atoms with Gasteiger partial charge in [-0.1, -0.05) is 29.7 Å². The average molecular weight is 431 g/mol. The molecule has 5 nitrogen and oxygen atoms in total. The zero-order valence-electron chi connectivity index (χ0n) is 31.7. The molecule has 0 aliphatic carbocycles. The molecule has 2 aliphatic rings. The standard InChI is InChI=1S/C21H21ClN4OS/c22-17-13-18-15(12-20(27)23-18)11-14(17)5-6-25-7-9-26(10-8-25)21-16-3-1-2-4-19(16)28-24-21/h1-4,11,13H,5-10,12H2,(H,23,27)/i1D,2D,3D,4D,5D2,6D2,7D2,8D2,9D2,10D2,11D,13D. The zero-order valence-corrected chi connectivity index (χ0v) is 15.3. The van der Waals surface area contributed by atoms with Crippen molar-refractivity contribution in [3.8, 4) is 0 Å². The third-order valence-corrected chi connectivity index (χ3v) is 4.82. The second-order valence-corrected chi connectivity index (χ2v) is 6.73. The van der Waals surface area contributed by atoms with Crippen molar-refractivity contribution in [3.63, 3.8) is 0 Å². The Morgan fingerprint density at radius 3 is 2.96 bits per heavy atom. The number of benzene rings is 2. The van der Waals surface area contributed by atoms with Crippen LogP contribution in [0.1, 0.15) is 35.8 Å². The number of rotatable bonds is 4. The van der Waals surface area contributed by atoms with Gasteiger partial charge in [0.15, 0.2) is 0 Å². The van der Waals surface area contributed by atoms with E-state index in [1.165, 1.54) is 0 Å². The Bertz CT molecular complexity index is 1820. The quantitative estimate of drug-likeness (QED) is 0.683. The highest BCUT2D eigenvalue weighted by Gasteiger charge is 2.22. The van der Waals surface area contributed by atoms with Crippen molar-refractivity contribution < 1.29 is 29.5 Å². The number of amides is 1. The van der Waals surface area contributed by atoms with Gasteiger partial charge in [0, 0.05) is 59.5 Å². The van der Waals surface area contributed by atoms with Gasteiger partial charge in [0.2, 0.25) is 5.91 Å². The fraction of sp³-hybridized carbons (Fsp3) is 0.333. The molecule has 3 aromatic rings. The van der Waals surface area contributed by atoms with Crippen LogP contribution >= 0.6 is 23.1 Å². The van der Waals surface area contributed by atoms with Crippen LogP contribution in [0.4, 0.5) is 11.5 Å². The SMILES string of the molecule is [2H]c1c(Cl)c(C([2H])([2H])C([2H])([2H])N2C([2H])([2H])C([2H])([2H])N(c3nsc4c([2H])c([2H])c([2H])c([2H])c34)C([2H])([2H])C2([2H])[2H])c([2H])c2c1NC(=O)C2. The molecule has 1 amide bonds. The van der Waals surface area contributed by atoms with E-state index in [4.69, 9.17) is 36.3 Å². The summed E-state index contributed by atoms with van der Waals surface area (Å²) < 4.78 is 158. The lowest BCUT2D eigenvalue weighted by Gasteiger charge is -2.35. The molecular formula is C21H21ClN4OS. The molecule has 5 rings (SSSR count). The van der Waals surface area contributed by atoms with E-state index in [0.717, 1.165) is 0 Å². The third-order valence-electron chi connectivity index (χ3n) is 3.79. The van der Waals surface area contributed by atoms with Crippen LogP contribution in [-0.4, -0.2) is 47.7 Å². The fourth-order valence-corrected chi connectivity index (χ4v) is 3.40. The molecule has 0 saturated carbocycles. The molecule has 1 fully saturated rings. The average Bonchev–Trinajstić information content (AvgIpc) is 3.52. The summed E-state index contributed by atoms with van der Waals surface area (Å²) in [6, 6.07) is -4.53. The Kier molecular flexibility index (Phi) is 1.83. The van der Waals surface area contributed by atoms with Crippen LogP contribution in [0.15, 0.2) is 36.3 Å². The predicted octanol–water partition coefficient (Wildman–Crippen LogP) is 3.81. The van der Waals surface area contributed by atoms with Crippen molar-refractivity contribution in [2.45, 2.75) is 12.8 Å². The number of nitrogens with zero attached hydrogens (tertiary/aromatic N) is 3. The molecule has 2 aromatic carbocycles. The van der Waals surface area contributed by atoms with E-state index in [9.17, 15) is 4.79 Å². The monoisotopic (exact) mass is 430 g/mol. The summed E-state index contributed by atoms with van der Waals surface area (Å²) in [6.45, 7) is -19.9. The van der Waals surface area contributed by atoms with Crippen LogP contribution in [-0.2, 0) is 17.6 Å². The summed E-state index contributed by atoms with van der Waals surface area (Å²) in [5.41, 5.74) is -1.56. The van der Waals surface area contributed by atoms with E-state index < -0.39 is 114 Å². The molecule has 1 aromatic heterocycles. The Morgan fingerprint density at radius 2 is 2.11 bits per heavy atom. The molecule has 1 saturated heterocycles. The Morgan fingerprint density at radius 1 is 1.29 bits per heavy atom. The number of anilines is 2. The molecule has 0 bridgehead atoms. The Balaban J connectivity index is 1.76. The minimum atomic E-state index is -4.10. The van der Waals surface area contributed by atoms with Crippen molar-refractivity contribution in [1.82, 2.24) is 9.27 Å². The van der Waals surface area contributed by atoms with Gasteiger partial charge in [0.1, 0.15) is 5.82 Å². The van der Waals surface area contributed by atoms with Crippen LogP contribution < -0.4 is 10.2 Å². The van der Waals surface area contributed by atoms with Gasteiger partial charge in [0.25, 0.3) is 0 Å². The molecule has 2 aliphatic heterocycles. The van der Waals surface area contributed by atoms with Crippen LogP contribution in [0.5, 0.6) is 0 Å². The van der Waals surface area contributed by atoms with Crippen LogP contribution in [0, 0.1) is 0 Å². The van der Waals surface area contributed by atoms with Gasteiger partial charge in [-0.3, -0.25) is 9.69 Å². The first-order valence-corrected chi connectivity index (χ1v) is 8.95. The highest BCUT2D eigenvalue weighted by Crippen LogP contribution is 2.31. The molecule has 3 heterocycles. The summed E-state index contributed by atoms with van der Waals surface area (Å²) >= 11 is 6.60. The van der Waals surface area contributed by atoms with Crippen molar-refractivity contribution in [3.05, 3.63) is 52.4 Å². The van der Waals surface area contributed by atoms with Gasteiger partial charge >= 0.3 is 0 Å². The molecule has 144 valence electrons. The van der Waals surface area contributed by atoms with Gasteiger partial charge in [-0.15, -0.1) is 0 Å². The number of hydrogen-bond donors (Lipinski definition) is 1. The fourth-order valence-electron chi connectivity index (χ4n) is 2.53. The van der Waals surface area contributed by atoms with Crippen molar-refractivity contribution in [2.75, 3.05) is 42.7 Å². The van der Waals surface area contributed by atoms with E-state index >= 15 is 0 Å². The number of aromatic nitrogens is 1. The van der Waals surface area contributed by atoms with Gasteiger partial charge in [-0.25, -0.2) is 0 Å². The number of nitrogens with one attached hydrogen (secondary N) is 1. The van der Waals surface area contributed by atoms with E-state index in [1.54, 1.807) is 0 Å². The number of piperazine rings is 1. The number of fused-ring (bicyclic) bond motifs is 2. The minimum absolute atomic E-state index is 0.126. The van der Waals surface area contributed by atoms with E-state index in [-0.39, 0.29) is 20.9 Å². The number of hydrogen-bond acceptors (Lipinski definition) is 5. The lowest BCUT2D eigenvalue weighted by atomic mass is 10.1. The predicted molar refractivity (Wildman–Crippen MR) is 116 cm³/mol. The number of carbonyl (C=O) groups is 1. The molecule has 0 atom stereocenters. The van der Waals surface area contributed by atoms with Crippen LogP contribution in [0.25, 0.3) is 10.1 Å². The zero-order chi connectivity index (χ0) is 35.1. The van der Waals surface area contributed by atoms with Crippen molar-refractivity contribution in [2.24, 2.45) is 0 Å².